The molecule has 2 aromatic rings. The summed E-state index contributed by atoms with van der Waals surface area (Å²) < 4.78 is 7.15. The molecule has 107 valence electrons. The van der Waals surface area contributed by atoms with Gasteiger partial charge in [-0.15, -0.1) is 0 Å². The third-order valence-electron chi connectivity index (χ3n) is 3.07. The van der Waals surface area contributed by atoms with E-state index >= 15 is 0 Å². The Morgan fingerprint density at radius 3 is 2.35 bits per heavy atom. The lowest BCUT2D eigenvalue weighted by Gasteiger charge is -2.26. The van der Waals surface area contributed by atoms with Gasteiger partial charge in [-0.1, -0.05) is 54.4 Å². The molecule has 2 rings (SSSR count). The molecule has 1 nitrogen and oxygen atoms in total. The van der Waals surface area contributed by atoms with Gasteiger partial charge in [0.15, 0.2) is 0 Å². The van der Waals surface area contributed by atoms with Gasteiger partial charge in [0.2, 0.25) is 0 Å². The van der Waals surface area contributed by atoms with Gasteiger partial charge < -0.3 is 4.43 Å². The fraction of sp³-hybridized carbons (Fsp3) is 0.375. The van der Waals surface area contributed by atoms with Crippen molar-refractivity contribution in [1.82, 2.24) is 0 Å². The van der Waals surface area contributed by atoms with E-state index in [9.17, 15) is 0 Å². The second kappa shape index (κ2) is 5.70. The fourth-order valence-electron chi connectivity index (χ4n) is 2.31. The van der Waals surface area contributed by atoms with Crippen LogP contribution in [0.5, 0.6) is 5.75 Å². The lowest BCUT2D eigenvalue weighted by Crippen LogP contribution is -2.19. The number of benzene rings is 2. The Morgan fingerprint density at radius 1 is 1.15 bits per heavy atom. The average molecular weight is 371 g/mol. The Labute approximate surface area is 136 Å². The first-order valence-electron chi connectivity index (χ1n) is 6.60. The highest BCUT2D eigenvalue weighted by Crippen LogP contribution is 2.42. The van der Waals surface area contributed by atoms with Crippen molar-refractivity contribution in [2.24, 2.45) is 0 Å². The van der Waals surface area contributed by atoms with Gasteiger partial charge in [0.05, 0.1) is 5.02 Å². The SMILES string of the molecule is C[Si](C)Oc1cc2cc(Br)ccc2c(Cl)c1C(C)(C)C. The van der Waals surface area contributed by atoms with Crippen LogP contribution in [0.15, 0.2) is 28.7 Å². The molecule has 0 N–H and O–H groups in total. The summed E-state index contributed by atoms with van der Waals surface area (Å²) >= 11 is 10.2. The second-order valence-corrected chi connectivity index (χ2v) is 9.50. The average Bonchev–Trinajstić information content (AvgIpc) is 2.25. The highest BCUT2D eigenvalue weighted by molar-refractivity contribution is 9.10. The van der Waals surface area contributed by atoms with Crippen molar-refractivity contribution in [3.8, 4) is 5.75 Å². The van der Waals surface area contributed by atoms with Crippen molar-refractivity contribution in [1.29, 1.82) is 0 Å². The predicted octanol–water partition coefficient (Wildman–Crippen LogP) is 6.18. The molecule has 2 aromatic carbocycles. The van der Waals surface area contributed by atoms with Gasteiger partial charge in [0, 0.05) is 15.4 Å². The number of hydrogen-bond donors (Lipinski definition) is 0. The molecule has 0 unspecified atom stereocenters. The molecule has 0 atom stereocenters. The molecule has 0 fully saturated rings. The van der Waals surface area contributed by atoms with Gasteiger partial charge >= 0.3 is 0 Å². The van der Waals surface area contributed by atoms with Gasteiger partial charge in [-0.2, -0.15) is 0 Å². The molecule has 0 saturated carbocycles. The third-order valence-corrected chi connectivity index (χ3v) is 4.58. The van der Waals surface area contributed by atoms with E-state index in [0.717, 1.165) is 31.6 Å². The van der Waals surface area contributed by atoms with Crippen molar-refractivity contribution in [2.45, 2.75) is 39.3 Å². The maximum atomic E-state index is 6.68. The second-order valence-electron chi connectivity index (χ2n) is 6.19. The summed E-state index contributed by atoms with van der Waals surface area (Å²) in [5, 5.41) is 2.99. The molecule has 20 heavy (non-hydrogen) atoms. The Kier molecular flexibility index (Phi) is 4.52. The summed E-state index contributed by atoms with van der Waals surface area (Å²) in [4.78, 5) is 0. The molecule has 4 heteroatoms. The van der Waals surface area contributed by atoms with Gasteiger partial charge in [-0.05, 0) is 42.1 Å². The van der Waals surface area contributed by atoms with Crippen molar-refractivity contribution < 1.29 is 4.43 Å². The van der Waals surface area contributed by atoms with Crippen molar-refractivity contribution in [3.05, 3.63) is 39.3 Å². The standard InChI is InChI=1S/C16H19BrClOSi/c1-16(2,3)14-13(19-20(4)5)9-10-8-11(17)6-7-12(10)15(14)18/h6-9H,1-5H3. The zero-order chi connectivity index (χ0) is 15.1. The Balaban J connectivity index is 2.79. The fourth-order valence-corrected chi connectivity index (χ4v) is 3.84. The normalized spacial score (nSPS) is 12.2. The first-order valence-corrected chi connectivity index (χ1v) is 10.2. The molecule has 0 aromatic heterocycles. The summed E-state index contributed by atoms with van der Waals surface area (Å²) in [5.74, 6) is 0.923. The molecular weight excluding hydrogens is 352 g/mol. The van der Waals surface area contributed by atoms with Gasteiger partial charge in [-0.3, -0.25) is 0 Å². The Morgan fingerprint density at radius 2 is 1.80 bits per heavy atom. The summed E-state index contributed by atoms with van der Waals surface area (Å²) in [6, 6.07) is 8.28. The smallest absolute Gasteiger partial charge is 0.274 e. The van der Waals surface area contributed by atoms with E-state index in [4.69, 9.17) is 16.0 Å². The first-order chi connectivity index (χ1) is 9.20. The van der Waals surface area contributed by atoms with E-state index < -0.39 is 9.04 Å². The number of fused-ring (bicyclic) bond motifs is 1. The molecule has 0 bridgehead atoms. The van der Waals surface area contributed by atoms with Crippen LogP contribution in [0.3, 0.4) is 0 Å². The van der Waals surface area contributed by atoms with Crippen LogP contribution < -0.4 is 4.43 Å². The van der Waals surface area contributed by atoms with Crippen molar-refractivity contribution in [3.63, 3.8) is 0 Å². The maximum Gasteiger partial charge on any atom is 0.274 e. The third kappa shape index (κ3) is 3.21. The molecule has 0 saturated heterocycles. The molecule has 0 amide bonds. The van der Waals surface area contributed by atoms with E-state index in [-0.39, 0.29) is 5.41 Å². The van der Waals surface area contributed by atoms with Gasteiger partial charge in [0.25, 0.3) is 9.04 Å². The van der Waals surface area contributed by atoms with Gasteiger partial charge in [0.1, 0.15) is 5.75 Å². The number of rotatable bonds is 2. The highest BCUT2D eigenvalue weighted by atomic mass is 79.9. The molecule has 0 aliphatic carbocycles. The van der Waals surface area contributed by atoms with E-state index in [1.807, 2.05) is 6.07 Å². The lowest BCUT2D eigenvalue weighted by molar-refractivity contribution is 0.522. The monoisotopic (exact) mass is 369 g/mol. The van der Waals surface area contributed by atoms with Crippen LogP contribution in [-0.2, 0) is 5.41 Å². The van der Waals surface area contributed by atoms with E-state index in [1.54, 1.807) is 0 Å². The topological polar surface area (TPSA) is 9.23 Å². The minimum absolute atomic E-state index is 0.0506. The highest BCUT2D eigenvalue weighted by Gasteiger charge is 2.25. The van der Waals surface area contributed by atoms with Crippen molar-refractivity contribution >= 4 is 47.3 Å². The minimum atomic E-state index is -0.833. The largest absolute Gasteiger partial charge is 0.542 e. The van der Waals surface area contributed by atoms with E-state index in [1.165, 1.54) is 0 Å². The van der Waals surface area contributed by atoms with Gasteiger partial charge in [-0.25, -0.2) is 0 Å². The molecule has 0 aliphatic heterocycles. The molecule has 0 aliphatic rings. The van der Waals surface area contributed by atoms with Crippen LogP contribution in [0.1, 0.15) is 26.3 Å². The zero-order valence-electron chi connectivity index (χ0n) is 12.5. The summed E-state index contributed by atoms with van der Waals surface area (Å²) in [7, 11) is -0.833. The van der Waals surface area contributed by atoms with Crippen LogP contribution in [0.25, 0.3) is 10.8 Å². The van der Waals surface area contributed by atoms with Crippen LogP contribution in [0.4, 0.5) is 0 Å². The van der Waals surface area contributed by atoms with Crippen LogP contribution in [0.2, 0.25) is 18.1 Å². The predicted molar refractivity (Wildman–Crippen MR) is 93.5 cm³/mol. The van der Waals surface area contributed by atoms with Crippen LogP contribution in [-0.4, -0.2) is 9.04 Å². The number of hydrogen-bond acceptors (Lipinski definition) is 1. The number of halogens is 2. The minimum Gasteiger partial charge on any atom is -0.542 e. The van der Waals surface area contributed by atoms with Crippen LogP contribution >= 0.6 is 27.5 Å². The molecule has 1 radical (unpaired) electrons. The molecule has 0 spiro atoms. The summed E-state index contributed by atoms with van der Waals surface area (Å²) in [5.41, 5.74) is 1.05. The zero-order valence-corrected chi connectivity index (χ0v) is 15.8. The lowest BCUT2D eigenvalue weighted by atomic mass is 9.85. The van der Waals surface area contributed by atoms with E-state index in [0.29, 0.717) is 0 Å². The summed E-state index contributed by atoms with van der Waals surface area (Å²) in [6.07, 6.45) is 0. The Hall–Kier alpha value is -0.513. The van der Waals surface area contributed by atoms with E-state index in [2.05, 4.69) is 68.0 Å². The molecular formula is C16H19BrClOSi. The molecule has 0 heterocycles. The summed E-state index contributed by atoms with van der Waals surface area (Å²) in [6.45, 7) is 10.8. The van der Waals surface area contributed by atoms with Crippen molar-refractivity contribution in [2.75, 3.05) is 0 Å². The quantitative estimate of drug-likeness (QED) is 0.573. The van der Waals surface area contributed by atoms with Crippen LogP contribution in [0, 0.1) is 0 Å². The Bertz CT molecular complexity index is 647. The maximum absolute atomic E-state index is 6.68. The first kappa shape index (κ1) is 15.9.